The summed E-state index contributed by atoms with van der Waals surface area (Å²) in [6, 6.07) is 11.2. The summed E-state index contributed by atoms with van der Waals surface area (Å²) in [5.41, 5.74) is -1.39. The van der Waals surface area contributed by atoms with Crippen LogP contribution in [0.5, 0.6) is 11.6 Å². The fourth-order valence-electron chi connectivity index (χ4n) is 2.33. The number of para-hydroxylation sites is 1. The van der Waals surface area contributed by atoms with E-state index in [4.69, 9.17) is 9.15 Å². The van der Waals surface area contributed by atoms with E-state index in [2.05, 4.69) is 10.4 Å². The van der Waals surface area contributed by atoms with Crippen LogP contribution in [0.15, 0.2) is 53.1 Å². The molecular formula is C17H14F3N3O3. The van der Waals surface area contributed by atoms with E-state index >= 15 is 0 Å². The van der Waals surface area contributed by atoms with Gasteiger partial charge in [-0.1, -0.05) is 18.2 Å². The van der Waals surface area contributed by atoms with Crippen molar-refractivity contribution in [3.8, 4) is 11.6 Å². The van der Waals surface area contributed by atoms with Gasteiger partial charge < -0.3 is 14.5 Å². The molecule has 2 heterocycles. The van der Waals surface area contributed by atoms with Gasteiger partial charge in [0.25, 0.3) is 5.91 Å². The van der Waals surface area contributed by atoms with Gasteiger partial charge in [0.2, 0.25) is 5.88 Å². The lowest BCUT2D eigenvalue weighted by Gasteiger charge is -2.10. The average Bonchev–Trinajstić information content (AvgIpc) is 3.23. The maximum Gasteiger partial charge on any atom is 0.435 e. The number of hydrogen-bond acceptors (Lipinski definition) is 4. The van der Waals surface area contributed by atoms with Crippen LogP contribution in [0.1, 0.15) is 21.8 Å². The Labute approximate surface area is 146 Å². The summed E-state index contributed by atoms with van der Waals surface area (Å²) in [5, 5.41) is 5.90. The Bertz CT molecular complexity index is 887. The lowest BCUT2D eigenvalue weighted by molar-refractivity contribution is -0.142. The van der Waals surface area contributed by atoms with Gasteiger partial charge in [-0.25, -0.2) is 4.68 Å². The van der Waals surface area contributed by atoms with Gasteiger partial charge in [0.15, 0.2) is 11.5 Å². The molecule has 3 rings (SSSR count). The normalized spacial score (nSPS) is 11.4. The van der Waals surface area contributed by atoms with Gasteiger partial charge in [-0.05, 0) is 24.3 Å². The first-order valence-corrected chi connectivity index (χ1v) is 7.54. The van der Waals surface area contributed by atoms with Crippen LogP contribution < -0.4 is 10.1 Å². The fraction of sp³-hybridized carbons (Fsp3) is 0.176. The third-order valence-electron chi connectivity index (χ3n) is 3.48. The van der Waals surface area contributed by atoms with Crippen molar-refractivity contribution < 1.29 is 27.1 Å². The molecule has 0 aliphatic rings. The Morgan fingerprint density at radius 3 is 2.58 bits per heavy atom. The molecule has 26 heavy (non-hydrogen) atoms. The number of halogens is 3. The van der Waals surface area contributed by atoms with Gasteiger partial charge in [-0.3, -0.25) is 4.79 Å². The van der Waals surface area contributed by atoms with Crippen LogP contribution in [0.25, 0.3) is 0 Å². The number of carbonyl (C=O) groups excluding carboxylic acids is 1. The number of nitrogens with one attached hydrogen (secondary N) is 1. The highest BCUT2D eigenvalue weighted by Gasteiger charge is 2.39. The number of aromatic nitrogens is 2. The van der Waals surface area contributed by atoms with Crippen LogP contribution >= 0.6 is 0 Å². The lowest BCUT2D eigenvalue weighted by Crippen LogP contribution is -2.24. The first-order valence-electron chi connectivity index (χ1n) is 7.54. The van der Waals surface area contributed by atoms with Gasteiger partial charge in [-0.15, -0.1) is 0 Å². The largest absolute Gasteiger partial charge is 0.459 e. The zero-order chi connectivity index (χ0) is 18.7. The van der Waals surface area contributed by atoms with Crippen molar-refractivity contribution in [2.24, 2.45) is 7.05 Å². The summed E-state index contributed by atoms with van der Waals surface area (Å²) in [6.07, 6.45) is -3.40. The molecule has 136 valence electrons. The van der Waals surface area contributed by atoms with Crippen LogP contribution in [-0.2, 0) is 19.8 Å². The number of carbonyl (C=O) groups is 1. The summed E-state index contributed by atoms with van der Waals surface area (Å²) in [7, 11) is 1.34. The summed E-state index contributed by atoms with van der Waals surface area (Å²) in [5.74, 6) is -0.406. The van der Waals surface area contributed by atoms with E-state index < -0.39 is 24.3 Å². The van der Waals surface area contributed by atoms with Crippen LogP contribution in [0.3, 0.4) is 0 Å². The second-order valence-corrected chi connectivity index (χ2v) is 5.33. The van der Waals surface area contributed by atoms with E-state index in [1.165, 1.54) is 25.4 Å². The number of benzene rings is 1. The Kier molecular flexibility index (Phi) is 4.70. The topological polar surface area (TPSA) is 69.3 Å². The van der Waals surface area contributed by atoms with Crippen molar-refractivity contribution in [1.82, 2.24) is 15.1 Å². The van der Waals surface area contributed by atoms with Gasteiger partial charge in [0, 0.05) is 7.05 Å². The Hall–Kier alpha value is -3.23. The monoisotopic (exact) mass is 365 g/mol. The summed E-state index contributed by atoms with van der Waals surface area (Å²) < 4.78 is 51.4. The maximum absolute atomic E-state index is 13.3. The lowest BCUT2D eigenvalue weighted by atomic mass is 10.2. The predicted molar refractivity (Wildman–Crippen MR) is 84.6 cm³/mol. The number of hydrogen-bond donors (Lipinski definition) is 1. The Morgan fingerprint density at radius 2 is 1.96 bits per heavy atom. The highest BCUT2D eigenvalue weighted by atomic mass is 19.4. The van der Waals surface area contributed by atoms with Gasteiger partial charge in [0.1, 0.15) is 5.75 Å². The number of aryl methyl sites for hydroxylation is 1. The molecule has 0 aliphatic carbocycles. The van der Waals surface area contributed by atoms with Crippen molar-refractivity contribution >= 4 is 5.91 Å². The summed E-state index contributed by atoms with van der Waals surface area (Å²) in [4.78, 5) is 12.0. The second kappa shape index (κ2) is 6.95. The zero-order valence-electron chi connectivity index (χ0n) is 13.6. The molecule has 3 aromatic rings. The molecule has 0 saturated carbocycles. The molecule has 6 nitrogen and oxygen atoms in total. The van der Waals surface area contributed by atoms with Crippen LogP contribution in [-0.4, -0.2) is 15.7 Å². The number of nitrogens with zero attached hydrogens (tertiary/aromatic N) is 2. The minimum absolute atomic E-state index is 0.00650. The highest BCUT2D eigenvalue weighted by Crippen LogP contribution is 2.36. The Morgan fingerprint density at radius 1 is 1.23 bits per heavy atom. The summed E-state index contributed by atoms with van der Waals surface area (Å²) in [6.45, 7) is -0.426. The van der Waals surface area contributed by atoms with Gasteiger partial charge in [-0.2, -0.15) is 18.3 Å². The quantitative estimate of drug-likeness (QED) is 0.748. The first kappa shape index (κ1) is 17.6. The molecule has 0 unspecified atom stereocenters. The minimum atomic E-state index is -4.69. The van der Waals surface area contributed by atoms with E-state index in [1.54, 1.807) is 30.3 Å². The van der Waals surface area contributed by atoms with Crippen molar-refractivity contribution in [3.05, 3.63) is 65.7 Å². The fourth-order valence-corrected chi connectivity index (χ4v) is 2.33. The van der Waals surface area contributed by atoms with Crippen LogP contribution in [0.4, 0.5) is 13.2 Å². The SMILES string of the molecule is Cn1nc(C(F)(F)F)c(CNC(=O)c2ccco2)c1Oc1ccccc1. The molecular weight excluding hydrogens is 351 g/mol. The van der Waals surface area contributed by atoms with E-state index in [-0.39, 0.29) is 17.2 Å². The number of furan rings is 1. The molecule has 1 amide bonds. The van der Waals surface area contributed by atoms with Crippen molar-refractivity contribution in [1.29, 1.82) is 0 Å². The van der Waals surface area contributed by atoms with Crippen molar-refractivity contribution in [2.45, 2.75) is 12.7 Å². The van der Waals surface area contributed by atoms with E-state index in [1.807, 2.05) is 0 Å². The third kappa shape index (κ3) is 3.71. The van der Waals surface area contributed by atoms with E-state index in [0.29, 0.717) is 5.75 Å². The zero-order valence-corrected chi connectivity index (χ0v) is 13.6. The Balaban J connectivity index is 1.91. The average molecular weight is 365 g/mol. The van der Waals surface area contributed by atoms with E-state index in [9.17, 15) is 18.0 Å². The van der Waals surface area contributed by atoms with Crippen LogP contribution in [0.2, 0.25) is 0 Å². The maximum atomic E-state index is 13.3. The number of alkyl halides is 3. The predicted octanol–water partition coefficient (Wildman–Crippen LogP) is 3.75. The molecule has 1 aromatic carbocycles. The van der Waals surface area contributed by atoms with E-state index in [0.717, 1.165) is 4.68 Å². The molecule has 0 atom stereocenters. The number of amides is 1. The molecule has 2 aromatic heterocycles. The van der Waals surface area contributed by atoms with Crippen molar-refractivity contribution in [2.75, 3.05) is 0 Å². The molecule has 0 spiro atoms. The number of ether oxygens (including phenoxy) is 1. The molecule has 9 heteroatoms. The molecule has 0 fully saturated rings. The van der Waals surface area contributed by atoms with Gasteiger partial charge >= 0.3 is 6.18 Å². The third-order valence-corrected chi connectivity index (χ3v) is 3.48. The molecule has 0 radical (unpaired) electrons. The molecule has 0 bridgehead atoms. The molecule has 0 saturated heterocycles. The minimum Gasteiger partial charge on any atom is -0.459 e. The highest BCUT2D eigenvalue weighted by molar-refractivity contribution is 5.91. The van der Waals surface area contributed by atoms with Crippen molar-refractivity contribution in [3.63, 3.8) is 0 Å². The molecule has 0 aliphatic heterocycles. The summed E-state index contributed by atoms with van der Waals surface area (Å²) >= 11 is 0. The van der Waals surface area contributed by atoms with Crippen LogP contribution in [0, 0.1) is 0 Å². The second-order valence-electron chi connectivity index (χ2n) is 5.33. The smallest absolute Gasteiger partial charge is 0.435 e. The standard InChI is InChI=1S/C17H14F3N3O3/c1-23-16(26-11-6-3-2-4-7-11)12(14(22-23)17(18,19)20)10-21-15(24)13-8-5-9-25-13/h2-9H,10H2,1H3,(H,21,24). The number of rotatable bonds is 5. The first-order chi connectivity index (χ1) is 12.4. The molecule has 1 N–H and O–H groups in total. The van der Waals surface area contributed by atoms with Gasteiger partial charge in [0.05, 0.1) is 18.4 Å².